The van der Waals surface area contributed by atoms with Gasteiger partial charge in [-0.3, -0.25) is 4.79 Å². The molecule has 0 saturated carbocycles. The summed E-state index contributed by atoms with van der Waals surface area (Å²) in [4.78, 5) is 24.0. The van der Waals surface area contributed by atoms with Crippen molar-refractivity contribution in [2.24, 2.45) is 0 Å². The lowest BCUT2D eigenvalue weighted by molar-refractivity contribution is -0.145. The molecular weight excluding hydrogens is 297 g/mol. The summed E-state index contributed by atoms with van der Waals surface area (Å²) in [6, 6.07) is 14.4. The Morgan fingerprint density at radius 3 is 2.39 bits per heavy atom. The van der Waals surface area contributed by atoms with Gasteiger partial charge in [0.25, 0.3) is 0 Å². The molecule has 0 aliphatic heterocycles. The average molecular weight is 315 g/mol. The fraction of sp³-hybridized carbons (Fsp3) is 0.222. The number of hydrogen-bond donors (Lipinski definition) is 1. The number of hydrogen-bond acceptors (Lipinski definition) is 3. The number of amides is 1. The third kappa shape index (κ3) is 4.92. The summed E-state index contributed by atoms with van der Waals surface area (Å²) in [5, 5.41) is 2.61. The molecule has 0 unspecified atom stereocenters. The highest BCUT2D eigenvalue weighted by molar-refractivity contribution is 5.85. The molecule has 0 aliphatic rings. The van der Waals surface area contributed by atoms with Gasteiger partial charge in [0.1, 0.15) is 11.9 Å². The summed E-state index contributed by atoms with van der Waals surface area (Å²) < 4.78 is 18.4. The summed E-state index contributed by atoms with van der Waals surface area (Å²) in [6.07, 6.45) is 0.186. The second-order valence-electron chi connectivity index (χ2n) is 5.10. The minimum atomic E-state index is -0.923. The summed E-state index contributed by atoms with van der Waals surface area (Å²) in [5.74, 6) is -1.34. The van der Waals surface area contributed by atoms with Crippen molar-refractivity contribution in [1.29, 1.82) is 0 Å². The Morgan fingerprint density at radius 1 is 1.09 bits per heavy atom. The van der Waals surface area contributed by atoms with Gasteiger partial charge in [0.2, 0.25) is 5.91 Å². The molecule has 120 valence electrons. The van der Waals surface area contributed by atoms with Gasteiger partial charge in [-0.2, -0.15) is 0 Å². The quantitative estimate of drug-likeness (QED) is 0.832. The molecule has 4 nitrogen and oxygen atoms in total. The van der Waals surface area contributed by atoms with Crippen molar-refractivity contribution in [3.8, 4) is 0 Å². The maximum atomic E-state index is 13.7. The molecule has 23 heavy (non-hydrogen) atoms. The molecule has 0 aromatic heterocycles. The lowest BCUT2D eigenvalue weighted by Crippen LogP contribution is -2.43. The van der Waals surface area contributed by atoms with Gasteiger partial charge in [-0.25, -0.2) is 9.18 Å². The number of carbonyl (C=O) groups is 2. The van der Waals surface area contributed by atoms with E-state index in [4.69, 9.17) is 4.74 Å². The van der Waals surface area contributed by atoms with Gasteiger partial charge < -0.3 is 10.1 Å². The lowest BCUT2D eigenvalue weighted by atomic mass is 10.0. The van der Waals surface area contributed by atoms with E-state index in [0.29, 0.717) is 5.56 Å². The van der Waals surface area contributed by atoms with Crippen LogP contribution in [-0.4, -0.2) is 25.0 Å². The van der Waals surface area contributed by atoms with E-state index < -0.39 is 17.8 Å². The Kier molecular flexibility index (Phi) is 5.86. The van der Waals surface area contributed by atoms with Gasteiger partial charge in [0.15, 0.2) is 0 Å². The average Bonchev–Trinajstić information content (AvgIpc) is 2.56. The van der Waals surface area contributed by atoms with E-state index in [0.717, 1.165) is 5.56 Å². The maximum absolute atomic E-state index is 13.7. The number of methoxy groups -OCH3 is 1. The van der Waals surface area contributed by atoms with Crippen molar-refractivity contribution in [3.63, 3.8) is 0 Å². The Balaban J connectivity index is 2.05. The number of esters is 1. The molecule has 0 bridgehead atoms. The monoisotopic (exact) mass is 315 g/mol. The molecule has 0 aliphatic carbocycles. The van der Waals surface area contributed by atoms with Crippen molar-refractivity contribution >= 4 is 11.9 Å². The third-order valence-corrected chi connectivity index (χ3v) is 3.41. The van der Waals surface area contributed by atoms with Gasteiger partial charge in [-0.05, 0) is 17.2 Å². The predicted molar refractivity (Wildman–Crippen MR) is 84.2 cm³/mol. The summed E-state index contributed by atoms with van der Waals surface area (Å²) in [6.45, 7) is 0. The van der Waals surface area contributed by atoms with Gasteiger partial charge >= 0.3 is 5.97 Å². The highest BCUT2D eigenvalue weighted by Gasteiger charge is 2.23. The fourth-order valence-corrected chi connectivity index (χ4v) is 2.25. The van der Waals surface area contributed by atoms with Crippen LogP contribution in [0.3, 0.4) is 0 Å². The summed E-state index contributed by atoms with van der Waals surface area (Å²) in [7, 11) is 1.24. The standard InChI is InChI=1S/C18H18FNO3/c1-23-18(22)16(12-14-9-5-6-10-15(14)19)20-17(21)11-13-7-3-2-4-8-13/h2-10,16H,11-12H2,1H3,(H,20,21)/t16-/m0/s1. The minimum absolute atomic E-state index is 0.0415. The van der Waals surface area contributed by atoms with Crippen LogP contribution >= 0.6 is 0 Å². The molecule has 0 saturated heterocycles. The molecule has 1 N–H and O–H groups in total. The fourth-order valence-electron chi connectivity index (χ4n) is 2.25. The van der Waals surface area contributed by atoms with Crippen molar-refractivity contribution in [1.82, 2.24) is 5.32 Å². The molecule has 0 radical (unpaired) electrons. The predicted octanol–water partition coefficient (Wildman–Crippen LogP) is 2.27. The molecule has 0 heterocycles. The summed E-state index contributed by atoms with van der Waals surface area (Å²) >= 11 is 0. The number of nitrogens with one attached hydrogen (secondary N) is 1. The number of benzene rings is 2. The zero-order chi connectivity index (χ0) is 16.7. The number of ether oxygens (including phenoxy) is 1. The van der Waals surface area contributed by atoms with Crippen LogP contribution in [-0.2, 0) is 27.2 Å². The lowest BCUT2D eigenvalue weighted by Gasteiger charge is -2.17. The molecule has 5 heteroatoms. The van der Waals surface area contributed by atoms with E-state index >= 15 is 0 Å². The normalized spacial score (nSPS) is 11.6. The summed E-state index contributed by atoms with van der Waals surface area (Å²) in [5.41, 5.74) is 1.18. The first-order valence-corrected chi connectivity index (χ1v) is 7.24. The van der Waals surface area contributed by atoms with E-state index in [1.54, 1.807) is 18.2 Å². The highest BCUT2D eigenvalue weighted by atomic mass is 19.1. The molecule has 2 aromatic rings. The first-order valence-electron chi connectivity index (χ1n) is 7.24. The molecule has 1 amide bonds. The van der Waals surface area contributed by atoms with Crippen LogP contribution in [0.4, 0.5) is 4.39 Å². The zero-order valence-corrected chi connectivity index (χ0v) is 12.8. The third-order valence-electron chi connectivity index (χ3n) is 3.41. The zero-order valence-electron chi connectivity index (χ0n) is 12.8. The largest absolute Gasteiger partial charge is 0.467 e. The van der Waals surface area contributed by atoms with Crippen molar-refractivity contribution in [2.75, 3.05) is 7.11 Å². The van der Waals surface area contributed by atoms with Gasteiger partial charge in [0.05, 0.1) is 13.5 Å². The Bertz CT molecular complexity index is 673. The molecule has 0 spiro atoms. The number of carbonyl (C=O) groups excluding carboxylic acids is 2. The maximum Gasteiger partial charge on any atom is 0.328 e. The van der Waals surface area contributed by atoms with Crippen LogP contribution in [0.25, 0.3) is 0 Å². The van der Waals surface area contributed by atoms with Crippen LogP contribution in [0.5, 0.6) is 0 Å². The minimum Gasteiger partial charge on any atom is -0.467 e. The van der Waals surface area contributed by atoms with Crippen LogP contribution in [0, 0.1) is 5.82 Å². The van der Waals surface area contributed by atoms with E-state index in [2.05, 4.69) is 5.32 Å². The van der Waals surface area contributed by atoms with Crippen LogP contribution in [0.1, 0.15) is 11.1 Å². The van der Waals surface area contributed by atoms with Crippen LogP contribution < -0.4 is 5.32 Å². The first kappa shape index (κ1) is 16.7. The Morgan fingerprint density at radius 2 is 1.74 bits per heavy atom. The van der Waals surface area contributed by atoms with Crippen LogP contribution in [0.2, 0.25) is 0 Å². The first-order chi connectivity index (χ1) is 11.1. The number of halogens is 1. The van der Waals surface area contributed by atoms with E-state index in [-0.39, 0.29) is 18.7 Å². The second-order valence-corrected chi connectivity index (χ2v) is 5.10. The van der Waals surface area contributed by atoms with Crippen molar-refractivity contribution in [2.45, 2.75) is 18.9 Å². The molecule has 2 rings (SSSR count). The molecule has 0 fully saturated rings. The highest BCUT2D eigenvalue weighted by Crippen LogP contribution is 2.10. The smallest absolute Gasteiger partial charge is 0.328 e. The second kappa shape index (κ2) is 8.08. The van der Waals surface area contributed by atoms with E-state index in [1.807, 2.05) is 30.3 Å². The van der Waals surface area contributed by atoms with E-state index in [1.165, 1.54) is 13.2 Å². The van der Waals surface area contributed by atoms with Gasteiger partial charge in [-0.15, -0.1) is 0 Å². The topological polar surface area (TPSA) is 55.4 Å². The van der Waals surface area contributed by atoms with Gasteiger partial charge in [-0.1, -0.05) is 48.5 Å². The van der Waals surface area contributed by atoms with Crippen molar-refractivity contribution in [3.05, 3.63) is 71.5 Å². The molecule has 1 atom stereocenters. The van der Waals surface area contributed by atoms with Crippen molar-refractivity contribution < 1.29 is 18.7 Å². The van der Waals surface area contributed by atoms with Crippen LogP contribution in [0.15, 0.2) is 54.6 Å². The van der Waals surface area contributed by atoms with Gasteiger partial charge in [0, 0.05) is 6.42 Å². The van der Waals surface area contributed by atoms with E-state index in [9.17, 15) is 14.0 Å². The molecular formula is C18H18FNO3. The SMILES string of the molecule is COC(=O)[C@H](Cc1ccccc1F)NC(=O)Cc1ccccc1. The molecule has 2 aromatic carbocycles. The number of rotatable bonds is 6. The Labute approximate surface area is 134 Å². The Hall–Kier alpha value is -2.69.